The summed E-state index contributed by atoms with van der Waals surface area (Å²) in [6.45, 7) is 0. The Hall–Kier alpha value is -6.99. The molecule has 12 aromatic rings. The monoisotopic (exact) mass is 763 g/mol. The van der Waals surface area contributed by atoms with Gasteiger partial charge in [0, 0.05) is 67.8 Å². The van der Waals surface area contributed by atoms with Crippen molar-refractivity contribution in [3.8, 4) is 56.4 Å². The van der Waals surface area contributed by atoms with Crippen molar-refractivity contribution in [3.63, 3.8) is 0 Å². The summed E-state index contributed by atoms with van der Waals surface area (Å²) in [4.78, 5) is 15.1. The lowest BCUT2D eigenvalue weighted by Gasteiger charge is -2.10. The van der Waals surface area contributed by atoms with Crippen LogP contribution in [0.15, 0.2) is 180 Å². The van der Waals surface area contributed by atoms with E-state index in [4.69, 9.17) is 19.4 Å². The van der Waals surface area contributed by atoms with Crippen LogP contribution in [0.1, 0.15) is 0 Å². The SMILES string of the molecule is c1ccc(-c2nc(-c3ccccc3)nc(-c3cccc4c3sc3cc(-c5cc(-c6cccc7sc8ccccc8c67)cc6oc7ccccc7c56)ccc34)n2)cc1. The third-order valence-electron chi connectivity index (χ3n) is 10.9. The smallest absolute Gasteiger partial charge is 0.165 e. The van der Waals surface area contributed by atoms with Crippen LogP contribution in [0.4, 0.5) is 0 Å². The Kier molecular flexibility index (Phi) is 7.24. The molecule has 0 saturated carbocycles. The van der Waals surface area contributed by atoms with E-state index in [0.29, 0.717) is 17.5 Å². The normalized spacial score (nSPS) is 11.9. The topological polar surface area (TPSA) is 51.8 Å². The lowest BCUT2D eigenvalue weighted by molar-refractivity contribution is 0.669. The maximum absolute atomic E-state index is 6.63. The van der Waals surface area contributed by atoms with Crippen LogP contribution in [0.5, 0.6) is 0 Å². The van der Waals surface area contributed by atoms with Crippen molar-refractivity contribution in [2.45, 2.75) is 0 Å². The standard InChI is InChI=1S/C51H29N3OS2/c1-3-13-30(14-4-1)49-52-50(31-15-5-2-6-16-31)54-51(53-49)39-21-11-20-36-35-26-25-32(29-45(35)57-48(36)39)40-27-33(28-42-46(40)37-17-7-9-22-41(37)55-42)34-19-12-24-44-47(34)38-18-8-10-23-43(38)56-44/h1-29H. The molecule has 0 radical (unpaired) electrons. The summed E-state index contributed by atoms with van der Waals surface area (Å²) in [6.07, 6.45) is 0. The minimum Gasteiger partial charge on any atom is -0.456 e. The van der Waals surface area contributed by atoms with Gasteiger partial charge < -0.3 is 4.42 Å². The number of fused-ring (bicyclic) bond motifs is 9. The van der Waals surface area contributed by atoms with Gasteiger partial charge >= 0.3 is 0 Å². The van der Waals surface area contributed by atoms with Crippen LogP contribution >= 0.6 is 22.7 Å². The summed E-state index contributed by atoms with van der Waals surface area (Å²) >= 11 is 3.63. The van der Waals surface area contributed by atoms with Crippen LogP contribution in [-0.2, 0) is 0 Å². The number of benzene rings is 8. The molecular formula is C51H29N3OS2. The van der Waals surface area contributed by atoms with Gasteiger partial charge in [-0.25, -0.2) is 15.0 Å². The van der Waals surface area contributed by atoms with E-state index in [1.54, 1.807) is 11.3 Å². The minimum absolute atomic E-state index is 0.655. The lowest BCUT2D eigenvalue weighted by atomic mass is 9.92. The van der Waals surface area contributed by atoms with Gasteiger partial charge in [0.1, 0.15) is 11.2 Å². The van der Waals surface area contributed by atoms with Gasteiger partial charge in [-0.2, -0.15) is 0 Å². The molecule has 0 fully saturated rings. The molecule has 4 aromatic heterocycles. The molecule has 4 nitrogen and oxygen atoms in total. The van der Waals surface area contributed by atoms with Gasteiger partial charge in [-0.15, -0.1) is 22.7 Å². The molecule has 0 amide bonds. The second-order valence-corrected chi connectivity index (χ2v) is 16.4. The van der Waals surface area contributed by atoms with Crippen molar-refractivity contribution < 1.29 is 4.42 Å². The maximum atomic E-state index is 6.63. The molecule has 0 saturated heterocycles. The first-order chi connectivity index (χ1) is 28.2. The molecule has 4 heterocycles. The molecule has 0 bridgehead atoms. The quantitative estimate of drug-likeness (QED) is 0.175. The number of para-hydroxylation sites is 1. The highest BCUT2D eigenvalue weighted by atomic mass is 32.1. The number of thiophene rings is 2. The highest BCUT2D eigenvalue weighted by Crippen LogP contribution is 2.46. The molecule has 57 heavy (non-hydrogen) atoms. The summed E-state index contributed by atoms with van der Waals surface area (Å²) in [7, 11) is 0. The van der Waals surface area contributed by atoms with E-state index in [0.717, 1.165) is 60.0 Å². The van der Waals surface area contributed by atoms with E-state index < -0.39 is 0 Å². The highest BCUT2D eigenvalue weighted by molar-refractivity contribution is 7.26. The van der Waals surface area contributed by atoms with Gasteiger partial charge in [0.2, 0.25) is 0 Å². The molecule has 6 heteroatoms. The first-order valence-corrected chi connectivity index (χ1v) is 20.6. The fraction of sp³-hybridized carbons (Fsp3) is 0. The zero-order valence-electron chi connectivity index (χ0n) is 30.3. The van der Waals surface area contributed by atoms with Gasteiger partial charge in [0.25, 0.3) is 0 Å². The molecule has 8 aromatic carbocycles. The zero-order valence-corrected chi connectivity index (χ0v) is 31.9. The minimum atomic E-state index is 0.655. The second kappa shape index (κ2) is 12.8. The van der Waals surface area contributed by atoms with Gasteiger partial charge in [0.05, 0.1) is 0 Å². The van der Waals surface area contributed by atoms with Crippen molar-refractivity contribution in [1.29, 1.82) is 0 Å². The van der Waals surface area contributed by atoms with Gasteiger partial charge in [0.15, 0.2) is 17.5 Å². The van der Waals surface area contributed by atoms with Crippen molar-refractivity contribution in [2.75, 3.05) is 0 Å². The van der Waals surface area contributed by atoms with E-state index in [2.05, 4.69) is 109 Å². The largest absolute Gasteiger partial charge is 0.456 e. The Morgan fingerprint density at radius 2 is 0.982 bits per heavy atom. The fourth-order valence-corrected chi connectivity index (χ4v) is 10.7. The Morgan fingerprint density at radius 3 is 1.79 bits per heavy atom. The van der Waals surface area contributed by atoms with Crippen molar-refractivity contribution in [2.24, 2.45) is 0 Å². The highest BCUT2D eigenvalue weighted by Gasteiger charge is 2.20. The van der Waals surface area contributed by atoms with Crippen LogP contribution in [0, 0.1) is 0 Å². The van der Waals surface area contributed by atoms with E-state index in [-0.39, 0.29) is 0 Å². The predicted molar refractivity (Wildman–Crippen MR) is 240 cm³/mol. The molecule has 0 atom stereocenters. The first kappa shape index (κ1) is 32.3. The number of hydrogen-bond acceptors (Lipinski definition) is 6. The van der Waals surface area contributed by atoms with Crippen LogP contribution in [0.2, 0.25) is 0 Å². The van der Waals surface area contributed by atoms with E-state index in [9.17, 15) is 0 Å². The number of hydrogen-bond donors (Lipinski definition) is 0. The van der Waals surface area contributed by atoms with Crippen molar-refractivity contribution in [1.82, 2.24) is 15.0 Å². The maximum Gasteiger partial charge on any atom is 0.165 e. The number of aromatic nitrogens is 3. The summed E-state index contributed by atoms with van der Waals surface area (Å²) in [5.41, 5.74) is 9.33. The number of furan rings is 1. The molecule has 12 rings (SSSR count). The molecule has 0 spiro atoms. The molecule has 0 aliphatic carbocycles. The Balaban J connectivity index is 1.07. The molecule has 266 valence electrons. The first-order valence-electron chi connectivity index (χ1n) is 18.9. The van der Waals surface area contributed by atoms with Gasteiger partial charge in [-0.1, -0.05) is 133 Å². The van der Waals surface area contributed by atoms with E-state index in [1.807, 2.05) is 78.1 Å². The van der Waals surface area contributed by atoms with Crippen LogP contribution in [0.25, 0.3) is 119 Å². The summed E-state index contributed by atoms with van der Waals surface area (Å²) in [5.74, 6) is 1.97. The zero-order chi connectivity index (χ0) is 37.5. The van der Waals surface area contributed by atoms with Crippen LogP contribution < -0.4 is 0 Å². The van der Waals surface area contributed by atoms with Gasteiger partial charge in [-0.05, 0) is 64.7 Å². The average molecular weight is 764 g/mol. The third-order valence-corrected chi connectivity index (χ3v) is 13.3. The molecule has 0 aliphatic heterocycles. The third kappa shape index (κ3) is 5.22. The van der Waals surface area contributed by atoms with E-state index in [1.165, 1.54) is 41.2 Å². The van der Waals surface area contributed by atoms with Crippen molar-refractivity contribution in [3.05, 3.63) is 176 Å². The Labute approximate surface area is 335 Å². The molecular weight excluding hydrogens is 735 g/mol. The Bertz CT molecular complexity index is 3470. The van der Waals surface area contributed by atoms with Crippen LogP contribution in [0.3, 0.4) is 0 Å². The fourth-order valence-electron chi connectivity index (χ4n) is 8.32. The van der Waals surface area contributed by atoms with Crippen LogP contribution in [-0.4, -0.2) is 15.0 Å². The second-order valence-electron chi connectivity index (χ2n) is 14.3. The van der Waals surface area contributed by atoms with E-state index >= 15 is 0 Å². The Morgan fingerprint density at radius 1 is 0.333 bits per heavy atom. The summed E-state index contributed by atoms with van der Waals surface area (Å²) < 4.78 is 11.6. The predicted octanol–water partition coefficient (Wildman–Crippen LogP) is 14.8. The number of rotatable bonds is 5. The van der Waals surface area contributed by atoms with Gasteiger partial charge in [-0.3, -0.25) is 0 Å². The summed E-state index contributed by atoms with van der Waals surface area (Å²) in [6, 6.07) is 62.0. The summed E-state index contributed by atoms with van der Waals surface area (Å²) in [5, 5.41) is 7.21. The van der Waals surface area contributed by atoms with Crippen molar-refractivity contribution >= 4 is 85.0 Å². The molecule has 0 aliphatic rings. The number of nitrogens with zero attached hydrogens (tertiary/aromatic N) is 3. The average Bonchev–Trinajstić information content (AvgIpc) is 3.97. The molecule has 0 N–H and O–H groups in total. The molecule has 0 unspecified atom stereocenters. The lowest BCUT2D eigenvalue weighted by Crippen LogP contribution is -2.00.